The molecule has 3 amide bonds. The first-order valence-corrected chi connectivity index (χ1v) is 17.2. The average Bonchev–Trinajstić information content (AvgIpc) is 3.61. The number of benzene rings is 1. The molecular weight excluding hydrogens is 654 g/mol. The zero-order valence-electron chi connectivity index (χ0n) is 27.2. The molecule has 10 nitrogen and oxygen atoms in total. The highest BCUT2D eigenvalue weighted by Gasteiger charge is 2.77. The number of unbranched alkanes of at least 4 members (excludes halogenated alkanes) is 3. The number of para-hydroxylation sites is 1. The summed E-state index contributed by atoms with van der Waals surface area (Å²) in [6.45, 7) is 13.9. The van der Waals surface area contributed by atoms with Crippen molar-refractivity contribution in [2.45, 2.75) is 94.4 Å². The number of rotatable bonds is 17. The Morgan fingerprint density at radius 2 is 1.89 bits per heavy atom. The van der Waals surface area contributed by atoms with Gasteiger partial charge in [0.05, 0.1) is 24.5 Å². The number of aliphatic hydroxyl groups is 1. The van der Waals surface area contributed by atoms with Crippen molar-refractivity contribution in [1.82, 2.24) is 10.2 Å². The molecule has 46 heavy (non-hydrogen) atoms. The third kappa shape index (κ3) is 7.11. The Kier molecular flexibility index (Phi) is 12.2. The molecule has 3 fully saturated rings. The van der Waals surface area contributed by atoms with Crippen molar-refractivity contribution in [3.05, 3.63) is 54.6 Å². The van der Waals surface area contributed by atoms with Crippen LogP contribution in [0.5, 0.6) is 0 Å². The van der Waals surface area contributed by atoms with Gasteiger partial charge in [0.15, 0.2) is 0 Å². The van der Waals surface area contributed by atoms with Crippen molar-refractivity contribution >= 4 is 45.3 Å². The minimum Gasteiger partial charge on any atom is -0.460 e. The highest BCUT2D eigenvalue weighted by atomic mass is 79.9. The molecule has 1 aromatic rings. The maximum atomic E-state index is 14.8. The van der Waals surface area contributed by atoms with Crippen LogP contribution in [0.1, 0.15) is 63.0 Å². The fourth-order valence-corrected chi connectivity index (χ4v) is 8.31. The van der Waals surface area contributed by atoms with Crippen LogP contribution in [0.4, 0.5) is 5.69 Å². The molecule has 3 aliphatic rings. The number of aliphatic hydroxyl groups excluding tert-OH is 1. The van der Waals surface area contributed by atoms with Gasteiger partial charge in [-0.2, -0.15) is 0 Å². The number of esters is 1. The van der Waals surface area contributed by atoms with Gasteiger partial charge in [-0.1, -0.05) is 59.1 Å². The second kappa shape index (κ2) is 15.7. The van der Waals surface area contributed by atoms with Crippen LogP contribution in [-0.4, -0.2) is 88.6 Å². The molecule has 0 aliphatic carbocycles. The number of amides is 3. The van der Waals surface area contributed by atoms with Crippen molar-refractivity contribution in [3.63, 3.8) is 0 Å². The van der Waals surface area contributed by atoms with Crippen LogP contribution in [0.15, 0.2) is 43.5 Å². The second-order valence-corrected chi connectivity index (χ2v) is 13.9. The van der Waals surface area contributed by atoms with Crippen LogP contribution < -0.4 is 10.2 Å². The predicted octanol–water partition coefficient (Wildman–Crippen LogP) is 4.14. The summed E-state index contributed by atoms with van der Waals surface area (Å²) in [5.74, 6) is -3.09. The molecule has 1 spiro atoms. The van der Waals surface area contributed by atoms with E-state index in [0.717, 1.165) is 29.7 Å². The summed E-state index contributed by atoms with van der Waals surface area (Å²) in [4.78, 5) is 58.2. The van der Waals surface area contributed by atoms with Gasteiger partial charge in [0.2, 0.25) is 11.8 Å². The molecule has 11 heteroatoms. The van der Waals surface area contributed by atoms with E-state index in [4.69, 9.17) is 9.47 Å². The third-order valence-electron chi connectivity index (χ3n) is 9.37. The predicted molar refractivity (Wildman–Crippen MR) is 179 cm³/mol. The van der Waals surface area contributed by atoms with Crippen LogP contribution in [0, 0.1) is 25.7 Å². The maximum Gasteiger partial charge on any atom is 0.312 e. The number of nitrogens with one attached hydrogen (secondary N) is 1. The van der Waals surface area contributed by atoms with E-state index in [1.807, 2.05) is 32.0 Å². The van der Waals surface area contributed by atoms with Crippen LogP contribution in [0.2, 0.25) is 0 Å². The summed E-state index contributed by atoms with van der Waals surface area (Å²) < 4.78 is 12.5. The monoisotopic (exact) mass is 701 g/mol. The zero-order chi connectivity index (χ0) is 33.6. The molecule has 2 bridgehead atoms. The number of hydrogen-bond acceptors (Lipinski definition) is 7. The molecule has 0 aromatic heterocycles. The van der Waals surface area contributed by atoms with Gasteiger partial charge in [0.1, 0.15) is 17.7 Å². The topological polar surface area (TPSA) is 125 Å². The number of ether oxygens (including phenoxy) is 2. The SMILES string of the molecule is C=CCCC(=O)NC[C@@H](C)OC(=O)[C@@H]1[C@H]2O[C@@]3(CC2Br)[C@H](C(=O)N(CC=C)c2c(C)cccc2C)N(CCCCCCO)C(=O)[C@@H]13. The van der Waals surface area contributed by atoms with Crippen LogP contribution >= 0.6 is 15.9 Å². The summed E-state index contributed by atoms with van der Waals surface area (Å²) in [5, 5.41) is 12.0. The number of anilines is 1. The van der Waals surface area contributed by atoms with Crippen molar-refractivity contribution in [2.75, 3.05) is 31.1 Å². The Balaban J connectivity index is 1.65. The van der Waals surface area contributed by atoms with Gasteiger partial charge in [0, 0.05) is 36.6 Å². The first-order valence-electron chi connectivity index (χ1n) is 16.3. The number of carbonyl (C=O) groups is 4. The van der Waals surface area contributed by atoms with Gasteiger partial charge in [-0.15, -0.1) is 13.2 Å². The Morgan fingerprint density at radius 3 is 2.54 bits per heavy atom. The first-order chi connectivity index (χ1) is 22.0. The van der Waals surface area contributed by atoms with Crippen molar-refractivity contribution in [3.8, 4) is 0 Å². The highest BCUT2D eigenvalue weighted by molar-refractivity contribution is 9.09. The standard InChI is InChI=1S/C35H48BrN3O7/c1-6-8-16-26(41)37-21-24(5)45-34(44)27-28-32(42)39(18-11-9-10-12-19-40)31(35(28)20-25(36)30(27)46-35)33(43)38(17-7-2)29-22(3)14-13-15-23(29)4/h6-7,13-15,24-25,27-28,30-31,40H,1-2,8-12,16-21H2,3-5H3,(H,37,41)/t24-,25?,27+,28-,30+,31+,35-/m1/s1. The summed E-state index contributed by atoms with van der Waals surface area (Å²) >= 11 is 3.72. The number of allylic oxidation sites excluding steroid dienone is 1. The van der Waals surface area contributed by atoms with Gasteiger partial charge in [-0.25, -0.2) is 0 Å². The molecule has 252 valence electrons. The van der Waals surface area contributed by atoms with Crippen molar-refractivity contribution < 1.29 is 33.8 Å². The van der Waals surface area contributed by atoms with Gasteiger partial charge in [-0.3, -0.25) is 19.2 Å². The first kappa shape index (κ1) is 35.8. The van der Waals surface area contributed by atoms with E-state index in [1.54, 1.807) is 28.9 Å². The van der Waals surface area contributed by atoms with E-state index in [0.29, 0.717) is 38.6 Å². The molecule has 1 aromatic carbocycles. The van der Waals surface area contributed by atoms with E-state index in [2.05, 4.69) is 34.4 Å². The van der Waals surface area contributed by atoms with E-state index < -0.39 is 41.7 Å². The number of carbonyl (C=O) groups excluding carboxylic acids is 4. The number of halogens is 1. The van der Waals surface area contributed by atoms with Crippen LogP contribution in [-0.2, 0) is 28.7 Å². The lowest BCUT2D eigenvalue weighted by molar-refractivity contribution is -0.159. The molecule has 3 aliphatic heterocycles. The lowest BCUT2D eigenvalue weighted by Crippen LogP contribution is -2.57. The van der Waals surface area contributed by atoms with Gasteiger partial charge in [0.25, 0.3) is 5.91 Å². The molecule has 1 unspecified atom stereocenters. The molecule has 3 saturated heterocycles. The number of alkyl halides is 1. The molecule has 4 rings (SSSR count). The lowest BCUT2D eigenvalue weighted by Gasteiger charge is -2.38. The summed E-state index contributed by atoms with van der Waals surface area (Å²) in [6.07, 6.45) is 6.18. The summed E-state index contributed by atoms with van der Waals surface area (Å²) in [5.41, 5.74) is 1.39. The lowest BCUT2D eigenvalue weighted by atomic mass is 9.70. The smallest absolute Gasteiger partial charge is 0.312 e. The van der Waals surface area contributed by atoms with E-state index >= 15 is 0 Å². The Hall–Kier alpha value is -3.02. The number of fused-ring (bicyclic) bond motifs is 1. The van der Waals surface area contributed by atoms with Crippen molar-refractivity contribution in [2.24, 2.45) is 11.8 Å². The van der Waals surface area contributed by atoms with E-state index in [-0.39, 0.29) is 42.2 Å². The van der Waals surface area contributed by atoms with Gasteiger partial charge in [-0.05, 0) is 57.6 Å². The van der Waals surface area contributed by atoms with E-state index in [1.165, 1.54) is 0 Å². The Bertz CT molecular complexity index is 1300. The minimum absolute atomic E-state index is 0.101. The minimum atomic E-state index is -1.22. The molecule has 3 heterocycles. The van der Waals surface area contributed by atoms with Crippen molar-refractivity contribution in [1.29, 1.82) is 0 Å². The van der Waals surface area contributed by atoms with Crippen LogP contribution in [0.25, 0.3) is 0 Å². The maximum absolute atomic E-state index is 14.8. The Labute approximate surface area is 280 Å². The number of nitrogens with zero attached hydrogens (tertiary/aromatic N) is 2. The highest BCUT2D eigenvalue weighted by Crippen LogP contribution is 2.60. The molecule has 0 saturated carbocycles. The summed E-state index contributed by atoms with van der Waals surface area (Å²) in [7, 11) is 0. The number of likely N-dealkylation sites (tertiary alicyclic amines) is 1. The molecule has 0 radical (unpaired) electrons. The van der Waals surface area contributed by atoms with Gasteiger partial charge >= 0.3 is 5.97 Å². The molecular formula is C35H48BrN3O7. The molecule has 2 N–H and O–H groups in total. The van der Waals surface area contributed by atoms with E-state index in [9.17, 15) is 24.3 Å². The number of aryl methyl sites for hydroxylation is 2. The Morgan fingerprint density at radius 1 is 1.20 bits per heavy atom. The second-order valence-electron chi connectivity index (χ2n) is 12.7. The fourth-order valence-electron chi connectivity index (χ4n) is 7.36. The van der Waals surface area contributed by atoms with Crippen LogP contribution in [0.3, 0.4) is 0 Å². The zero-order valence-corrected chi connectivity index (χ0v) is 28.8. The third-order valence-corrected chi connectivity index (χ3v) is 10.2. The quantitative estimate of drug-likeness (QED) is 0.108. The average molecular weight is 703 g/mol. The number of hydrogen-bond donors (Lipinski definition) is 2. The molecule has 7 atom stereocenters. The van der Waals surface area contributed by atoms with Gasteiger partial charge < -0.3 is 29.7 Å². The largest absolute Gasteiger partial charge is 0.460 e. The fraction of sp³-hybridized carbons (Fsp3) is 0.600. The normalized spacial score (nSPS) is 26.8. The summed E-state index contributed by atoms with van der Waals surface area (Å²) in [6, 6.07) is 4.89.